The van der Waals surface area contributed by atoms with E-state index < -0.39 is 6.10 Å². The molecule has 0 aliphatic carbocycles. The minimum atomic E-state index is -0.472. The molecule has 0 bridgehead atoms. The molecule has 1 atom stereocenters. The maximum atomic E-state index is 12.6. The van der Waals surface area contributed by atoms with Gasteiger partial charge in [0.05, 0.1) is 6.10 Å². The van der Waals surface area contributed by atoms with E-state index in [1.807, 2.05) is 38.1 Å². The number of carbonyl (C=O) groups excluding carboxylic acids is 1. The topological polar surface area (TPSA) is 77.7 Å². The van der Waals surface area contributed by atoms with Crippen LogP contribution in [0.15, 0.2) is 28.7 Å². The van der Waals surface area contributed by atoms with Crippen LogP contribution < -0.4 is 4.74 Å². The molecule has 1 amide bonds. The lowest BCUT2D eigenvalue weighted by Crippen LogP contribution is -2.58. The van der Waals surface area contributed by atoms with E-state index in [9.17, 15) is 4.79 Å². The van der Waals surface area contributed by atoms with E-state index >= 15 is 0 Å². The smallest absolute Gasteiger partial charge is 0.263 e. The molecule has 7 nitrogen and oxygen atoms in total. The highest BCUT2D eigenvalue weighted by Gasteiger charge is 2.35. The molecule has 2 heterocycles. The number of hydrogen-bond acceptors (Lipinski definition) is 6. The van der Waals surface area contributed by atoms with Gasteiger partial charge in [-0.1, -0.05) is 25.1 Å². The molecule has 1 aromatic heterocycles. The molecule has 0 spiro atoms. The number of nitrogens with zero attached hydrogens (tertiary/aromatic N) is 3. The van der Waals surface area contributed by atoms with Crippen molar-refractivity contribution in [1.29, 1.82) is 0 Å². The molecule has 0 radical (unpaired) electrons. The van der Waals surface area contributed by atoms with Gasteiger partial charge in [0.15, 0.2) is 6.10 Å². The van der Waals surface area contributed by atoms with E-state index in [0.29, 0.717) is 31.3 Å². The maximum absolute atomic E-state index is 12.6. The summed E-state index contributed by atoms with van der Waals surface area (Å²) in [5.41, 5.74) is 1.02. The third-order valence-electron chi connectivity index (χ3n) is 4.18. The van der Waals surface area contributed by atoms with Crippen LogP contribution in [-0.2, 0) is 16.1 Å². The lowest BCUT2D eigenvalue weighted by atomic mass is 10.1. The number of likely N-dealkylation sites (tertiary alicyclic amines) is 1. The van der Waals surface area contributed by atoms with Gasteiger partial charge in [-0.15, -0.1) is 10.2 Å². The van der Waals surface area contributed by atoms with E-state index in [1.54, 1.807) is 11.8 Å². The molecular weight excluding hydrogens is 322 g/mol. The van der Waals surface area contributed by atoms with E-state index in [1.165, 1.54) is 0 Å². The van der Waals surface area contributed by atoms with Crippen LogP contribution >= 0.6 is 0 Å². The zero-order valence-electron chi connectivity index (χ0n) is 14.8. The Hall–Kier alpha value is -2.41. The van der Waals surface area contributed by atoms with Gasteiger partial charge < -0.3 is 18.8 Å². The second-order valence-electron chi connectivity index (χ2n) is 6.17. The molecular formula is C18H23N3O4. The van der Waals surface area contributed by atoms with E-state index in [2.05, 4.69) is 10.2 Å². The third-order valence-corrected chi connectivity index (χ3v) is 4.18. The Morgan fingerprint density at radius 2 is 2.08 bits per heavy atom. The number of benzene rings is 1. The SMILES string of the molecule is CCC(Oc1ccccc1C)C(=O)N1CC(OCc2nnc(C)o2)C1. The Morgan fingerprint density at radius 3 is 2.72 bits per heavy atom. The third kappa shape index (κ3) is 4.17. The fourth-order valence-electron chi connectivity index (χ4n) is 2.66. The molecule has 1 fully saturated rings. The summed E-state index contributed by atoms with van der Waals surface area (Å²) in [4.78, 5) is 14.4. The summed E-state index contributed by atoms with van der Waals surface area (Å²) in [6.07, 6.45) is 0.143. The van der Waals surface area contributed by atoms with Crippen LogP contribution in [0, 0.1) is 13.8 Å². The number of aromatic nitrogens is 2. The van der Waals surface area contributed by atoms with Gasteiger partial charge in [0, 0.05) is 20.0 Å². The van der Waals surface area contributed by atoms with Gasteiger partial charge >= 0.3 is 0 Å². The Bertz CT molecular complexity index is 725. The molecule has 1 unspecified atom stereocenters. The molecule has 0 saturated carbocycles. The summed E-state index contributed by atoms with van der Waals surface area (Å²) in [5, 5.41) is 7.64. The van der Waals surface area contributed by atoms with Gasteiger partial charge in [0.1, 0.15) is 12.4 Å². The predicted octanol–water partition coefficient (Wildman–Crippen LogP) is 2.27. The summed E-state index contributed by atoms with van der Waals surface area (Å²) < 4.78 is 16.9. The van der Waals surface area contributed by atoms with Gasteiger partial charge in [0.2, 0.25) is 11.8 Å². The standard InChI is InChI=1S/C18H23N3O4/c1-4-15(25-16-8-6-5-7-12(16)2)18(22)21-9-14(10-21)23-11-17-20-19-13(3)24-17/h5-8,14-15H,4,9-11H2,1-3H3. The van der Waals surface area contributed by atoms with Crippen molar-refractivity contribution in [3.8, 4) is 5.75 Å². The van der Waals surface area contributed by atoms with Crippen molar-refractivity contribution in [2.45, 2.75) is 46.0 Å². The van der Waals surface area contributed by atoms with Crippen LogP contribution in [-0.4, -0.2) is 46.3 Å². The maximum Gasteiger partial charge on any atom is 0.263 e. The summed E-state index contributed by atoms with van der Waals surface area (Å²) in [6.45, 7) is 7.04. The van der Waals surface area contributed by atoms with Gasteiger partial charge in [-0.25, -0.2) is 0 Å². The highest BCUT2D eigenvalue weighted by atomic mass is 16.5. The van der Waals surface area contributed by atoms with Crippen LogP contribution in [0.4, 0.5) is 0 Å². The molecule has 1 saturated heterocycles. The molecule has 25 heavy (non-hydrogen) atoms. The number of ether oxygens (including phenoxy) is 2. The lowest BCUT2D eigenvalue weighted by molar-refractivity contribution is -0.153. The lowest BCUT2D eigenvalue weighted by Gasteiger charge is -2.40. The number of hydrogen-bond donors (Lipinski definition) is 0. The Labute approximate surface area is 146 Å². The van der Waals surface area contributed by atoms with Crippen molar-refractivity contribution < 1.29 is 18.7 Å². The second-order valence-corrected chi connectivity index (χ2v) is 6.17. The molecule has 3 rings (SSSR count). The van der Waals surface area contributed by atoms with E-state index in [0.717, 1.165) is 11.3 Å². The quantitative estimate of drug-likeness (QED) is 0.766. The highest BCUT2D eigenvalue weighted by Crippen LogP contribution is 2.22. The van der Waals surface area contributed by atoms with Crippen molar-refractivity contribution >= 4 is 5.91 Å². The fraction of sp³-hybridized carbons (Fsp3) is 0.500. The van der Waals surface area contributed by atoms with Crippen LogP contribution in [0.25, 0.3) is 0 Å². The fourth-order valence-corrected chi connectivity index (χ4v) is 2.66. The Morgan fingerprint density at radius 1 is 1.32 bits per heavy atom. The Kier molecular flexibility index (Phi) is 5.33. The first kappa shape index (κ1) is 17.4. The average Bonchev–Trinajstić information content (AvgIpc) is 2.98. The number of aryl methyl sites for hydroxylation is 2. The molecule has 1 aliphatic heterocycles. The minimum absolute atomic E-state index is 0.000706. The highest BCUT2D eigenvalue weighted by molar-refractivity contribution is 5.82. The van der Waals surface area contributed by atoms with E-state index in [4.69, 9.17) is 13.9 Å². The molecule has 1 aromatic carbocycles. The van der Waals surface area contributed by atoms with E-state index in [-0.39, 0.29) is 18.6 Å². The molecule has 0 N–H and O–H groups in total. The van der Waals surface area contributed by atoms with Crippen LogP contribution in [0.5, 0.6) is 5.75 Å². The zero-order valence-corrected chi connectivity index (χ0v) is 14.8. The number of rotatable bonds is 7. The monoisotopic (exact) mass is 345 g/mol. The first-order valence-electron chi connectivity index (χ1n) is 8.48. The normalized spacial score (nSPS) is 15.7. The summed E-state index contributed by atoms with van der Waals surface area (Å²) in [5.74, 6) is 1.72. The Balaban J connectivity index is 1.47. The summed E-state index contributed by atoms with van der Waals surface area (Å²) in [6, 6.07) is 7.72. The van der Waals surface area contributed by atoms with Gasteiger partial charge in [-0.05, 0) is 25.0 Å². The average molecular weight is 345 g/mol. The van der Waals surface area contributed by atoms with Crippen molar-refractivity contribution in [2.75, 3.05) is 13.1 Å². The largest absolute Gasteiger partial charge is 0.480 e. The number of carbonyl (C=O) groups is 1. The van der Waals surface area contributed by atoms with Crippen molar-refractivity contribution in [2.24, 2.45) is 0 Å². The van der Waals surface area contributed by atoms with Gasteiger partial charge in [-0.2, -0.15) is 0 Å². The summed E-state index contributed by atoms with van der Waals surface area (Å²) >= 11 is 0. The van der Waals surface area contributed by atoms with Crippen molar-refractivity contribution in [3.63, 3.8) is 0 Å². The van der Waals surface area contributed by atoms with Gasteiger partial charge in [0.25, 0.3) is 5.91 Å². The van der Waals surface area contributed by atoms with Gasteiger partial charge in [-0.3, -0.25) is 4.79 Å². The molecule has 2 aromatic rings. The predicted molar refractivity (Wildman–Crippen MR) is 90.1 cm³/mol. The zero-order chi connectivity index (χ0) is 17.8. The van der Waals surface area contributed by atoms with Crippen molar-refractivity contribution in [1.82, 2.24) is 15.1 Å². The van der Waals surface area contributed by atoms with Crippen LogP contribution in [0.3, 0.4) is 0 Å². The van der Waals surface area contributed by atoms with Crippen molar-refractivity contribution in [3.05, 3.63) is 41.6 Å². The van der Waals surface area contributed by atoms with Crippen LogP contribution in [0.2, 0.25) is 0 Å². The molecule has 134 valence electrons. The molecule has 7 heteroatoms. The second kappa shape index (κ2) is 7.65. The van der Waals surface area contributed by atoms with Crippen LogP contribution in [0.1, 0.15) is 30.7 Å². The first-order chi connectivity index (χ1) is 12.1. The molecule has 1 aliphatic rings. The summed E-state index contributed by atoms with van der Waals surface area (Å²) in [7, 11) is 0. The minimum Gasteiger partial charge on any atom is -0.480 e. The first-order valence-corrected chi connectivity index (χ1v) is 8.48. The number of para-hydroxylation sites is 1. The number of amides is 1.